The maximum Gasteiger partial charge on any atom is 0.0719 e. The van der Waals surface area contributed by atoms with E-state index in [2.05, 4.69) is 76.0 Å². The van der Waals surface area contributed by atoms with E-state index in [1.807, 2.05) is 0 Å². The molecule has 0 aliphatic heterocycles. The number of benzene rings is 2. The van der Waals surface area contributed by atoms with Crippen LogP contribution in [0.15, 0.2) is 39.3 Å². The first kappa shape index (κ1) is 18.2. The van der Waals surface area contributed by atoms with E-state index in [1.54, 1.807) is 7.11 Å². The van der Waals surface area contributed by atoms with E-state index in [1.165, 1.54) is 53.5 Å². The van der Waals surface area contributed by atoms with Crippen LogP contribution < -0.4 is 0 Å². The topological polar surface area (TPSA) is 9.23 Å². The van der Waals surface area contributed by atoms with Crippen LogP contribution in [-0.2, 0) is 16.8 Å². The van der Waals surface area contributed by atoms with Crippen molar-refractivity contribution in [3.05, 3.63) is 56.0 Å². The molecule has 0 aromatic heterocycles. The molecule has 1 aliphatic rings. The van der Waals surface area contributed by atoms with Crippen molar-refractivity contribution in [2.45, 2.75) is 51.6 Å². The Morgan fingerprint density at radius 2 is 1.58 bits per heavy atom. The van der Waals surface area contributed by atoms with E-state index in [0.29, 0.717) is 6.61 Å². The highest BCUT2D eigenvalue weighted by Gasteiger charge is 2.43. The number of fused-ring (bicyclic) bond motifs is 3. The van der Waals surface area contributed by atoms with Gasteiger partial charge in [0.05, 0.1) is 6.61 Å². The lowest BCUT2D eigenvalue weighted by Gasteiger charge is -2.32. The summed E-state index contributed by atoms with van der Waals surface area (Å²) in [5.41, 5.74) is 7.12. The van der Waals surface area contributed by atoms with E-state index in [9.17, 15) is 0 Å². The van der Waals surface area contributed by atoms with E-state index < -0.39 is 0 Å². The van der Waals surface area contributed by atoms with Crippen LogP contribution in [0.5, 0.6) is 0 Å². The molecule has 0 heterocycles. The van der Waals surface area contributed by atoms with Crippen LogP contribution in [0.1, 0.15) is 56.2 Å². The van der Waals surface area contributed by atoms with E-state index in [-0.39, 0.29) is 5.41 Å². The molecule has 0 fully saturated rings. The molecule has 128 valence electrons. The first-order valence-electron chi connectivity index (χ1n) is 8.69. The third kappa shape index (κ3) is 2.89. The fraction of sp³-hybridized carbons (Fsp3) is 0.429. The van der Waals surface area contributed by atoms with Crippen molar-refractivity contribution in [3.63, 3.8) is 0 Å². The highest BCUT2D eigenvalue weighted by molar-refractivity contribution is 9.10. The summed E-state index contributed by atoms with van der Waals surface area (Å²) < 4.78 is 7.82. The first-order valence-corrected chi connectivity index (χ1v) is 10.3. The first-order chi connectivity index (χ1) is 11.6. The minimum Gasteiger partial charge on any atom is -0.380 e. The van der Waals surface area contributed by atoms with Gasteiger partial charge in [0.25, 0.3) is 0 Å². The van der Waals surface area contributed by atoms with Gasteiger partial charge in [-0.15, -0.1) is 0 Å². The predicted molar refractivity (Wildman–Crippen MR) is 109 cm³/mol. The number of methoxy groups -OCH3 is 1. The molecule has 2 aromatic carbocycles. The van der Waals surface area contributed by atoms with E-state index >= 15 is 0 Å². The van der Waals surface area contributed by atoms with Crippen molar-refractivity contribution >= 4 is 31.9 Å². The molecule has 24 heavy (non-hydrogen) atoms. The van der Waals surface area contributed by atoms with Crippen molar-refractivity contribution in [1.29, 1.82) is 0 Å². The molecule has 0 saturated heterocycles. The van der Waals surface area contributed by atoms with Crippen molar-refractivity contribution < 1.29 is 4.74 Å². The Labute approximate surface area is 162 Å². The fourth-order valence-corrected chi connectivity index (χ4v) is 5.29. The van der Waals surface area contributed by atoms with Crippen LogP contribution in [-0.4, -0.2) is 7.11 Å². The van der Waals surface area contributed by atoms with Gasteiger partial charge < -0.3 is 4.74 Å². The van der Waals surface area contributed by atoms with E-state index in [0.717, 1.165) is 8.95 Å². The SMILES string of the molecule is CCCC1(CCC)c2cc(Br)ccc2-c2c(COC)cc(Br)cc21. The molecule has 0 spiro atoms. The molecule has 3 rings (SSSR count). The van der Waals surface area contributed by atoms with Crippen LogP contribution in [0.2, 0.25) is 0 Å². The smallest absolute Gasteiger partial charge is 0.0719 e. The van der Waals surface area contributed by atoms with Crippen molar-refractivity contribution in [2.24, 2.45) is 0 Å². The maximum absolute atomic E-state index is 5.50. The molecule has 0 saturated carbocycles. The quantitative estimate of drug-likeness (QED) is 0.450. The molecular formula is C21H24Br2O. The number of halogens is 2. The largest absolute Gasteiger partial charge is 0.380 e. The third-order valence-electron chi connectivity index (χ3n) is 5.12. The fourth-order valence-electron chi connectivity index (χ4n) is 4.42. The minimum atomic E-state index is 0.115. The van der Waals surface area contributed by atoms with Crippen molar-refractivity contribution in [1.82, 2.24) is 0 Å². The number of rotatable bonds is 6. The van der Waals surface area contributed by atoms with Crippen LogP contribution in [0.25, 0.3) is 11.1 Å². The lowest BCUT2D eigenvalue weighted by atomic mass is 9.71. The van der Waals surface area contributed by atoms with Crippen molar-refractivity contribution in [3.8, 4) is 11.1 Å². The molecule has 0 atom stereocenters. The summed E-state index contributed by atoms with van der Waals surface area (Å²) in [6, 6.07) is 11.3. The molecular weight excluding hydrogens is 428 g/mol. The molecule has 0 unspecified atom stereocenters. The van der Waals surface area contributed by atoms with Gasteiger partial charge in [-0.1, -0.05) is 64.6 Å². The van der Waals surface area contributed by atoms with Gasteiger partial charge >= 0.3 is 0 Å². The monoisotopic (exact) mass is 450 g/mol. The summed E-state index contributed by atoms with van der Waals surface area (Å²) in [4.78, 5) is 0. The minimum absolute atomic E-state index is 0.115. The highest BCUT2D eigenvalue weighted by atomic mass is 79.9. The number of hydrogen-bond donors (Lipinski definition) is 0. The Kier molecular flexibility index (Phi) is 5.53. The molecule has 0 amide bonds. The summed E-state index contributed by atoms with van der Waals surface area (Å²) in [5.74, 6) is 0. The van der Waals surface area contributed by atoms with Crippen LogP contribution in [0, 0.1) is 0 Å². The van der Waals surface area contributed by atoms with Gasteiger partial charge in [0.2, 0.25) is 0 Å². The Morgan fingerprint density at radius 3 is 2.21 bits per heavy atom. The number of ether oxygens (including phenoxy) is 1. The van der Waals surface area contributed by atoms with Crippen molar-refractivity contribution in [2.75, 3.05) is 7.11 Å². The molecule has 0 radical (unpaired) electrons. The second kappa shape index (κ2) is 7.31. The molecule has 0 N–H and O–H groups in total. The molecule has 3 heteroatoms. The van der Waals surface area contributed by atoms with Crippen LogP contribution >= 0.6 is 31.9 Å². The van der Waals surface area contributed by atoms with Gasteiger partial charge in [-0.25, -0.2) is 0 Å². The Morgan fingerprint density at radius 1 is 0.917 bits per heavy atom. The third-order valence-corrected chi connectivity index (χ3v) is 6.07. The van der Waals surface area contributed by atoms with Gasteiger partial charge in [-0.05, 0) is 64.9 Å². The van der Waals surface area contributed by atoms with Crippen LogP contribution in [0.3, 0.4) is 0 Å². The Bertz CT molecular complexity index is 746. The highest BCUT2D eigenvalue weighted by Crippen LogP contribution is 2.56. The summed E-state index contributed by atoms with van der Waals surface area (Å²) in [7, 11) is 1.77. The van der Waals surface area contributed by atoms with Gasteiger partial charge in [0.15, 0.2) is 0 Å². The van der Waals surface area contributed by atoms with Gasteiger partial charge in [0, 0.05) is 21.5 Å². The molecule has 2 aromatic rings. The second-order valence-electron chi connectivity index (χ2n) is 6.69. The Hall–Kier alpha value is -0.640. The standard InChI is InChI=1S/C21H24Br2O/c1-4-8-21(9-5-2)18-11-15(22)6-7-17(18)20-14(13-24-3)10-16(23)12-19(20)21/h6-7,10-12H,4-5,8-9,13H2,1-3H3. The second-order valence-corrected chi connectivity index (χ2v) is 8.52. The summed E-state index contributed by atoms with van der Waals surface area (Å²) in [5, 5.41) is 0. The van der Waals surface area contributed by atoms with Gasteiger partial charge in [-0.2, -0.15) is 0 Å². The molecule has 0 bridgehead atoms. The average molecular weight is 452 g/mol. The lowest BCUT2D eigenvalue weighted by Crippen LogP contribution is -2.25. The molecule has 1 aliphatic carbocycles. The normalized spacial score (nSPS) is 14.5. The van der Waals surface area contributed by atoms with Crippen LogP contribution in [0.4, 0.5) is 0 Å². The zero-order valence-corrected chi connectivity index (χ0v) is 17.8. The lowest BCUT2D eigenvalue weighted by molar-refractivity contribution is 0.185. The maximum atomic E-state index is 5.50. The number of hydrogen-bond acceptors (Lipinski definition) is 1. The molecule has 1 nitrogen and oxygen atoms in total. The Balaban J connectivity index is 2.36. The van der Waals surface area contributed by atoms with Gasteiger partial charge in [-0.3, -0.25) is 0 Å². The van der Waals surface area contributed by atoms with E-state index in [4.69, 9.17) is 4.74 Å². The zero-order valence-electron chi connectivity index (χ0n) is 14.6. The summed E-state index contributed by atoms with van der Waals surface area (Å²) >= 11 is 7.43. The average Bonchev–Trinajstić information content (AvgIpc) is 2.79. The summed E-state index contributed by atoms with van der Waals surface area (Å²) in [6.07, 6.45) is 4.72. The predicted octanol–water partition coefficient (Wildman–Crippen LogP) is 7.22. The zero-order chi connectivity index (χ0) is 17.3. The summed E-state index contributed by atoms with van der Waals surface area (Å²) in [6.45, 7) is 5.23. The van der Waals surface area contributed by atoms with Gasteiger partial charge in [0.1, 0.15) is 0 Å².